The van der Waals surface area contributed by atoms with Gasteiger partial charge in [0.1, 0.15) is 11.8 Å². The lowest BCUT2D eigenvalue weighted by molar-refractivity contribution is -0.144. The molecular weight excluding hydrogens is 274 g/mol. The molecule has 0 saturated heterocycles. The maximum Gasteiger partial charge on any atom is 0.325 e. The maximum atomic E-state index is 11.7. The molecule has 1 aromatic carbocycles. The molecule has 0 aromatic heterocycles. The van der Waals surface area contributed by atoms with Gasteiger partial charge in [0.15, 0.2) is 0 Å². The predicted octanol–water partition coefficient (Wildman–Crippen LogP) is 1.42. The van der Waals surface area contributed by atoms with Gasteiger partial charge >= 0.3 is 5.97 Å². The highest BCUT2D eigenvalue weighted by Crippen LogP contribution is 2.23. The van der Waals surface area contributed by atoms with Crippen molar-refractivity contribution in [2.24, 2.45) is 0 Å². The van der Waals surface area contributed by atoms with Crippen LogP contribution in [0.5, 0.6) is 5.75 Å². The van der Waals surface area contributed by atoms with E-state index in [0.29, 0.717) is 37.6 Å². The maximum absolute atomic E-state index is 11.7. The summed E-state index contributed by atoms with van der Waals surface area (Å²) in [7, 11) is 4.77. The Kier molecular flexibility index (Phi) is 7.74. The van der Waals surface area contributed by atoms with Gasteiger partial charge in [-0.3, -0.25) is 9.69 Å². The van der Waals surface area contributed by atoms with E-state index in [1.807, 2.05) is 4.90 Å². The molecule has 0 spiro atoms. The third-order valence-corrected chi connectivity index (χ3v) is 3.20. The minimum atomic E-state index is -0.896. The number of ether oxygens (including phenoxy) is 3. The topological polar surface area (TPSA) is 68.2 Å². The largest absolute Gasteiger partial charge is 0.497 e. The number of aliphatic carboxylic acids is 1. The number of hydrogen-bond acceptors (Lipinski definition) is 5. The average molecular weight is 297 g/mol. The second kappa shape index (κ2) is 9.33. The van der Waals surface area contributed by atoms with Crippen LogP contribution < -0.4 is 4.74 Å². The van der Waals surface area contributed by atoms with Crippen molar-refractivity contribution < 1.29 is 24.1 Å². The standard InChI is InChI=1S/C15H23NO5/c1-19-10-8-16(9-11-20-2)14(15(17)18)12-4-6-13(21-3)7-5-12/h4-7,14H,8-11H2,1-3H3,(H,17,18). The summed E-state index contributed by atoms with van der Waals surface area (Å²) in [6.07, 6.45) is 0. The van der Waals surface area contributed by atoms with Crippen molar-refractivity contribution in [3.63, 3.8) is 0 Å². The lowest BCUT2D eigenvalue weighted by Crippen LogP contribution is -2.38. The van der Waals surface area contributed by atoms with Gasteiger partial charge in [0.05, 0.1) is 20.3 Å². The Labute approximate surface area is 125 Å². The summed E-state index contributed by atoms with van der Waals surface area (Å²) in [5, 5.41) is 9.57. The number of rotatable bonds is 10. The van der Waals surface area contributed by atoms with Gasteiger partial charge in [0.25, 0.3) is 0 Å². The molecule has 1 N–H and O–H groups in total. The van der Waals surface area contributed by atoms with Crippen molar-refractivity contribution >= 4 is 5.97 Å². The summed E-state index contributed by atoms with van der Waals surface area (Å²) >= 11 is 0. The van der Waals surface area contributed by atoms with Crippen molar-refractivity contribution in [1.29, 1.82) is 0 Å². The molecule has 1 unspecified atom stereocenters. The van der Waals surface area contributed by atoms with Gasteiger partial charge in [-0.2, -0.15) is 0 Å². The fourth-order valence-corrected chi connectivity index (χ4v) is 2.08. The van der Waals surface area contributed by atoms with E-state index in [4.69, 9.17) is 14.2 Å². The molecule has 0 heterocycles. The molecule has 0 radical (unpaired) electrons. The monoisotopic (exact) mass is 297 g/mol. The summed E-state index contributed by atoms with van der Waals surface area (Å²) in [4.78, 5) is 13.5. The molecule has 1 rings (SSSR count). The molecule has 6 nitrogen and oxygen atoms in total. The zero-order chi connectivity index (χ0) is 15.7. The van der Waals surface area contributed by atoms with Gasteiger partial charge in [0.2, 0.25) is 0 Å². The van der Waals surface area contributed by atoms with Gasteiger partial charge in [-0.25, -0.2) is 0 Å². The van der Waals surface area contributed by atoms with Crippen LogP contribution in [-0.4, -0.2) is 63.6 Å². The van der Waals surface area contributed by atoms with E-state index in [-0.39, 0.29) is 0 Å². The summed E-state index contributed by atoms with van der Waals surface area (Å²) in [5.41, 5.74) is 0.704. The molecule has 21 heavy (non-hydrogen) atoms. The van der Waals surface area contributed by atoms with Crippen LogP contribution in [-0.2, 0) is 14.3 Å². The van der Waals surface area contributed by atoms with Crippen LogP contribution >= 0.6 is 0 Å². The molecule has 0 aliphatic heterocycles. The molecule has 0 fully saturated rings. The first-order chi connectivity index (χ1) is 10.1. The lowest BCUT2D eigenvalue weighted by Gasteiger charge is -2.28. The SMILES string of the molecule is COCCN(CCOC)C(C(=O)O)c1ccc(OC)cc1. The molecule has 6 heteroatoms. The molecule has 0 aliphatic carbocycles. The van der Waals surface area contributed by atoms with E-state index >= 15 is 0 Å². The van der Waals surface area contributed by atoms with Gasteiger partial charge in [0, 0.05) is 27.3 Å². The molecule has 118 valence electrons. The smallest absolute Gasteiger partial charge is 0.325 e. The second-order valence-electron chi connectivity index (χ2n) is 4.54. The van der Waals surface area contributed by atoms with E-state index in [1.54, 1.807) is 45.6 Å². The van der Waals surface area contributed by atoms with Gasteiger partial charge in [-0.15, -0.1) is 0 Å². The number of nitrogens with zero attached hydrogens (tertiary/aromatic N) is 1. The Morgan fingerprint density at radius 1 is 1.10 bits per heavy atom. The first-order valence-corrected chi connectivity index (χ1v) is 6.72. The molecule has 1 atom stereocenters. The van der Waals surface area contributed by atoms with Crippen LogP contribution in [0.3, 0.4) is 0 Å². The van der Waals surface area contributed by atoms with Crippen molar-refractivity contribution in [3.05, 3.63) is 29.8 Å². The van der Waals surface area contributed by atoms with E-state index in [9.17, 15) is 9.90 Å². The third-order valence-electron chi connectivity index (χ3n) is 3.20. The number of carboxylic acid groups (broad SMARTS) is 1. The average Bonchev–Trinajstić information content (AvgIpc) is 2.50. The third kappa shape index (κ3) is 5.34. The number of carboxylic acids is 1. The Bertz CT molecular complexity index is 413. The molecule has 0 saturated carbocycles. The van der Waals surface area contributed by atoms with Crippen LogP contribution in [0.15, 0.2) is 24.3 Å². The molecule has 1 aromatic rings. The van der Waals surface area contributed by atoms with E-state index in [2.05, 4.69) is 0 Å². The van der Waals surface area contributed by atoms with E-state index in [1.165, 1.54) is 0 Å². The van der Waals surface area contributed by atoms with E-state index < -0.39 is 12.0 Å². The van der Waals surface area contributed by atoms with Crippen molar-refractivity contribution in [3.8, 4) is 5.75 Å². The van der Waals surface area contributed by atoms with Crippen LogP contribution in [0.2, 0.25) is 0 Å². The predicted molar refractivity (Wildman–Crippen MR) is 78.7 cm³/mol. The zero-order valence-electron chi connectivity index (χ0n) is 12.7. The van der Waals surface area contributed by atoms with Crippen molar-refractivity contribution in [1.82, 2.24) is 4.90 Å². The van der Waals surface area contributed by atoms with Gasteiger partial charge in [-0.05, 0) is 17.7 Å². The Morgan fingerprint density at radius 2 is 1.62 bits per heavy atom. The Hall–Kier alpha value is -1.63. The highest BCUT2D eigenvalue weighted by molar-refractivity contribution is 5.75. The summed E-state index contributed by atoms with van der Waals surface area (Å²) in [5.74, 6) is -0.199. The normalized spacial score (nSPS) is 12.4. The first-order valence-electron chi connectivity index (χ1n) is 6.72. The molecule has 0 aliphatic rings. The van der Waals surface area contributed by atoms with Crippen LogP contribution in [0.1, 0.15) is 11.6 Å². The van der Waals surface area contributed by atoms with Crippen molar-refractivity contribution in [2.45, 2.75) is 6.04 Å². The molecule has 0 bridgehead atoms. The molecule has 0 amide bonds. The van der Waals surface area contributed by atoms with Gasteiger partial charge < -0.3 is 19.3 Å². The minimum absolute atomic E-state index is 0.462. The Balaban J connectivity index is 2.95. The number of methoxy groups -OCH3 is 3. The number of hydrogen-bond donors (Lipinski definition) is 1. The van der Waals surface area contributed by atoms with Crippen molar-refractivity contribution in [2.75, 3.05) is 47.6 Å². The van der Waals surface area contributed by atoms with Crippen LogP contribution in [0.25, 0.3) is 0 Å². The summed E-state index contributed by atoms with van der Waals surface area (Å²) < 4.78 is 15.2. The molecular formula is C15H23NO5. The van der Waals surface area contributed by atoms with Crippen LogP contribution in [0, 0.1) is 0 Å². The minimum Gasteiger partial charge on any atom is -0.497 e. The number of carbonyl (C=O) groups is 1. The number of benzene rings is 1. The van der Waals surface area contributed by atoms with E-state index in [0.717, 1.165) is 0 Å². The lowest BCUT2D eigenvalue weighted by atomic mass is 10.1. The quantitative estimate of drug-likeness (QED) is 0.704. The van der Waals surface area contributed by atoms with Gasteiger partial charge in [-0.1, -0.05) is 12.1 Å². The summed E-state index contributed by atoms with van der Waals surface area (Å²) in [6, 6.07) is 6.32. The highest BCUT2D eigenvalue weighted by Gasteiger charge is 2.27. The zero-order valence-corrected chi connectivity index (χ0v) is 12.7. The fraction of sp³-hybridized carbons (Fsp3) is 0.533. The van der Waals surface area contributed by atoms with Crippen LogP contribution in [0.4, 0.5) is 0 Å². The first kappa shape index (κ1) is 17.4. The Morgan fingerprint density at radius 3 is 2.00 bits per heavy atom. The summed E-state index contributed by atoms with van der Waals surface area (Å²) in [6.45, 7) is 1.96. The highest BCUT2D eigenvalue weighted by atomic mass is 16.5. The fourth-order valence-electron chi connectivity index (χ4n) is 2.08. The second-order valence-corrected chi connectivity index (χ2v) is 4.54.